The third-order valence-electron chi connectivity index (χ3n) is 3.47. The number of para-hydroxylation sites is 1. The molecule has 2 aromatic carbocycles. The minimum absolute atomic E-state index is 0.108. The Labute approximate surface area is 131 Å². The van der Waals surface area contributed by atoms with Gasteiger partial charge in [-0.05, 0) is 18.6 Å². The molecule has 6 heteroatoms. The van der Waals surface area contributed by atoms with Crippen molar-refractivity contribution in [3.63, 3.8) is 0 Å². The molecule has 2 aromatic rings. The van der Waals surface area contributed by atoms with Gasteiger partial charge in [0.05, 0.1) is 0 Å². The fraction of sp³-hybridized carbons (Fsp3) is 0.118. The highest BCUT2D eigenvalue weighted by molar-refractivity contribution is 5.74. The maximum Gasteiger partial charge on any atom is 0.240 e. The highest BCUT2D eigenvalue weighted by Crippen LogP contribution is 2.42. The highest BCUT2D eigenvalue weighted by atomic mass is 16.1. The first-order valence-corrected chi connectivity index (χ1v) is 6.61. The lowest BCUT2D eigenvalue weighted by molar-refractivity contribution is 0.541. The molecule has 0 heterocycles. The first-order chi connectivity index (χ1) is 11.2. The smallest absolute Gasteiger partial charge is 0.211 e. The fourth-order valence-corrected chi connectivity index (χ4v) is 2.36. The average Bonchev–Trinajstić information content (AvgIpc) is 2.58. The third-order valence-corrected chi connectivity index (χ3v) is 3.47. The molecule has 0 bridgehead atoms. The number of benzene rings is 2. The predicted octanol–water partition coefficient (Wildman–Crippen LogP) is 3.22. The maximum atomic E-state index is 11.0. The summed E-state index contributed by atoms with van der Waals surface area (Å²) >= 11 is 0. The van der Waals surface area contributed by atoms with Crippen molar-refractivity contribution >= 4 is 29.6 Å². The first-order valence-electron chi connectivity index (χ1n) is 6.61. The van der Waals surface area contributed by atoms with Crippen LogP contribution in [0.1, 0.15) is 18.1 Å². The van der Waals surface area contributed by atoms with Crippen molar-refractivity contribution in [1.82, 2.24) is 0 Å². The zero-order chi connectivity index (χ0) is 16.7. The van der Waals surface area contributed by atoms with Crippen LogP contribution in [-0.4, -0.2) is 18.2 Å². The van der Waals surface area contributed by atoms with E-state index in [1.807, 2.05) is 6.07 Å². The maximum absolute atomic E-state index is 11.0. The SMILES string of the molecule is CC(N=C=O)(c1ccccc1)c1cccc(N=C=O)c1N=C=O. The van der Waals surface area contributed by atoms with Crippen LogP contribution in [0.25, 0.3) is 0 Å². The van der Waals surface area contributed by atoms with Gasteiger partial charge in [0.1, 0.15) is 16.9 Å². The van der Waals surface area contributed by atoms with Crippen LogP contribution in [-0.2, 0) is 19.9 Å². The zero-order valence-electron chi connectivity index (χ0n) is 12.2. The van der Waals surface area contributed by atoms with Crippen LogP contribution in [0, 0.1) is 0 Å². The summed E-state index contributed by atoms with van der Waals surface area (Å²) in [6.45, 7) is 1.68. The fourth-order valence-electron chi connectivity index (χ4n) is 2.36. The molecule has 0 aliphatic rings. The van der Waals surface area contributed by atoms with Gasteiger partial charge in [-0.15, -0.1) is 0 Å². The largest absolute Gasteiger partial charge is 0.240 e. The zero-order valence-corrected chi connectivity index (χ0v) is 12.2. The molecule has 0 saturated heterocycles. The summed E-state index contributed by atoms with van der Waals surface area (Å²) in [6.07, 6.45) is 4.40. The van der Waals surface area contributed by atoms with Gasteiger partial charge in [0.2, 0.25) is 18.2 Å². The molecule has 1 unspecified atom stereocenters. The van der Waals surface area contributed by atoms with E-state index < -0.39 is 5.54 Å². The molecule has 0 aliphatic carbocycles. The van der Waals surface area contributed by atoms with Crippen LogP contribution < -0.4 is 0 Å². The summed E-state index contributed by atoms with van der Waals surface area (Å²) in [5, 5.41) is 0. The van der Waals surface area contributed by atoms with Crippen LogP contribution >= 0.6 is 0 Å². The number of isocyanates is 3. The molecular weight excluding hydrogens is 294 g/mol. The van der Waals surface area contributed by atoms with Crippen molar-refractivity contribution in [2.24, 2.45) is 15.0 Å². The lowest BCUT2D eigenvalue weighted by atomic mass is 9.84. The Morgan fingerprint density at radius 1 is 0.826 bits per heavy atom. The van der Waals surface area contributed by atoms with Gasteiger partial charge in [0.15, 0.2) is 0 Å². The summed E-state index contributed by atoms with van der Waals surface area (Å²) in [5.41, 5.74) is 0.220. The third kappa shape index (κ3) is 3.10. The molecule has 0 radical (unpaired) electrons. The van der Waals surface area contributed by atoms with Gasteiger partial charge in [0, 0.05) is 5.56 Å². The van der Waals surface area contributed by atoms with Crippen molar-refractivity contribution in [1.29, 1.82) is 0 Å². The van der Waals surface area contributed by atoms with E-state index in [4.69, 9.17) is 0 Å². The number of aliphatic imine (C=N–C) groups is 3. The molecule has 0 fully saturated rings. The lowest BCUT2D eigenvalue weighted by Gasteiger charge is -2.26. The number of hydrogen-bond acceptors (Lipinski definition) is 6. The molecule has 0 N–H and O–H groups in total. The van der Waals surface area contributed by atoms with Gasteiger partial charge in [-0.3, -0.25) is 0 Å². The average molecular weight is 305 g/mol. The number of carbonyl (C=O) groups excluding carboxylic acids is 3. The van der Waals surface area contributed by atoms with Crippen LogP contribution in [0.3, 0.4) is 0 Å². The Bertz CT molecular complexity index is 860. The monoisotopic (exact) mass is 305 g/mol. The standard InChI is InChI=1S/C17H11N3O3/c1-17(20-12-23,13-6-3-2-4-7-13)14-8-5-9-15(18-10-21)16(14)19-11-22/h2-9H,1H3. The van der Waals surface area contributed by atoms with Crippen molar-refractivity contribution < 1.29 is 14.4 Å². The van der Waals surface area contributed by atoms with Crippen molar-refractivity contribution in [2.75, 3.05) is 0 Å². The van der Waals surface area contributed by atoms with E-state index >= 15 is 0 Å². The van der Waals surface area contributed by atoms with Crippen molar-refractivity contribution in [2.45, 2.75) is 12.5 Å². The highest BCUT2D eigenvalue weighted by Gasteiger charge is 2.32. The molecule has 112 valence electrons. The van der Waals surface area contributed by atoms with Crippen LogP contribution in [0.2, 0.25) is 0 Å². The van der Waals surface area contributed by atoms with Gasteiger partial charge in [-0.2, -0.15) is 15.0 Å². The van der Waals surface area contributed by atoms with E-state index in [0.29, 0.717) is 11.1 Å². The molecule has 0 saturated carbocycles. The van der Waals surface area contributed by atoms with Gasteiger partial charge in [-0.1, -0.05) is 42.5 Å². The topological polar surface area (TPSA) is 88.3 Å². The van der Waals surface area contributed by atoms with Crippen molar-refractivity contribution in [3.8, 4) is 0 Å². The van der Waals surface area contributed by atoms with Crippen LogP contribution in [0.4, 0.5) is 11.4 Å². The summed E-state index contributed by atoms with van der Waals surface area (Å²) in [4.78, 5) is 43.4. The molecule has 23 heavy (non-hydrogen) atoms. The first kappa shape index (κ1) is 16.0. The summed E-state index contributed by atoms with van der Waals surface area (Å²) in [7, 11) is 0. The minimum atomic E-state index is -1.15. The van der Waals surface area contributed by atoms with Gasteiger partial charge in [0.25, 0.3) is 0 Å². The quantitative estimate of drug-likeness (QED) is 0.627. The number of hydrogen-bond donors (Lipinski definition) is 0. The van der Waals surface area contributed by atoms with Gasteiger partial charge >= 0.3 is 0 Å². The van der Waals surface area contributed by atoms with Crippen LogP contribution in [0.5, 0.6) is 0 Å². The van der Waals surface area contributed by atoms with E-state index in [9.17, 15) is 14.4 Å². The number of rotatable bonds is 5. The van der Waals surface area contributed by atoms with Gasteiger partial charge < -0.3 is 0 Å². The molecule has 0 aliphatic heterocycles. The Hall–Kier alpha value is -3.42. The molecular formula is C17H11N3O3. The van der Waals surface area contributed by atoms with Crippen LogP contribution in [0.15, 0.2) is 63.5 Å². The Morgan fingerprint density at radius 2 is 1.52 bits per heavy atom. The molecule has 2 rings (SSSR count). The Morgan fingerprint density at radius 3 is 2.13 bits per heavy atom. The normalized spacial score (nSPS) is 12.0. The second-order valence-electron chi connectivity index (χ2n) is 4.72. The molecule has 0 spiro atoms. The molecule has 0 aromatic heterocycles. The summed E-state index contributed by atoms with van der Waals surface area (Å²) in [6, 6.07) is 13.8. The lowest BCUT2D eigenvalue weighted by Crippen LogP contribution is -2.21. The molecule has 0 amide bonds. The van der Waals surface area contributed by atoms with E-state index in [2.05, 4.69) is 15.0 Å². The second-order valence-corrected chi connectivity index (χ2v) is 4.72. The van der Waals surface area contributed by atoms with Gasteiger partial charge in [-0.25, -0.2) is 14.4 Å². The molecule has 1 atom stereocenters. The number of nitrogens with zero attached hydrogens (tertiary/aromatic N) is 3. The van der Waals surface area contributed by atoms with E-state index in [-0.39, 0.29) is 11.4 Å². The summed E-state index contributed by atoms with van der Waals surface area (Å²) < 4.78 is 0. The van der Waals surface area contributed by atoms with E-state index in [1.165, 1.54) is 18.2 Å². The predicted molar refractivity (Wildman–Crippen MR) is 83.0 cm³/mol. The van der Waals surface area contributed by atoms with E-state index in [1.54, 1.807) is 49.4 Å². The second kappa shape index (κ2) is 7.03. The van der Waals surface area contributed by atoms with E-state index in [0.717, 1.165) is 0 Å². The Balaban J connectivity index is 2.85. The summed E-state index contributed by atoms with van der Waals surface area (Å²) in [5.74, 6) is 0. The van der Waals surface area contributed by atoms with Crippen molar-refractivity contribution in [3.05, 3.63) is 59.7 Å². The Kier molecular flexibility index (Phi) is 4.88. The minimum Gasteiger partial charge on any atom is -0.211 e. The molecule has 6 nitrogen and oxygen atoms in total.